The third-order valence-corrected chi connectivity index (χ3v) is 4.15. The van der Waals surface area contributed by atoms with Gasteiger partial charge in [-0.3, -0.25) is 4.79 Å². The first-order chi connectivity index (χ1) is 9.84. The van der Waals surface area contributed by atoms with Crippen LogP contribution in [0.25, 0.3) is 0 Å². The van der Waals surface area contributed by atoms with Crippen molar-refractivity contribution in [2.45, 2.75) is 19.4 Å². The lowest BCUT2D eigenvalue weighted by Crippen LogP contribution is -2.40. The third-order valence-electron chi connectivity index (χ3n) is 4.15. The van der Waals surface area contributed by atoms with Crippen LogP contribution in [-0.4, -0.2) is 43.7 Å². The molecular weight excluding hydrogens is 288 g/mol. The Bertz CT molecular complexity index is 473. The molecule has 2 heterocycles. The molecule has 1 aromatic carbocycles. The maximum Gasteiger partial charge on any atom is 0.229 e. The second-order valence-electron chi connectivity index (χ2n) is 5.61. The molecule has 0 saturated carbocycles. The Hall–Kier alpha value is -1.10. The van der Waals surface area contributed by atoms with Crippen molar-refractivity contribution in [2.75, 3.05) is 32.8 Å². The van der Waals surface area contributed by atoms with Crippen LogP contribution in [0.1, 0.15) is 17.5 Å². The molecule has 0 bridgehead atoms. The van der Waals surface area contributed by atoms with Crippen LogP contribution >= 0.6 is 12.4 Å². The van der Waals surface area contributed by atoms with E-state index in [2.05, 4.69) is 29.6 Å². The van der Waals surface area contributed by atoms with E-state index in [1.54, 1.807) is 0 Å². The smallest absolute Gasteiger partial charge is 0.229 e. The van der Waals surface area contributed by atoms with Crippen molar-refractivity contribution in [3.05, 3.63) is 35.4 Å². The molecule has 0 aromatic heterocycles. The Morgan fingerprint density at radius 3 is 2.95 bits per heavy atom. The molecule has 5 heteroatoms. The fraction of sp³-hybridized carbons (Fsp3) is 0.562. The number of benzene rings is 1. The van der Waals surface area contributed by atoms with Crippen LogP contribution in [0.4, 0.5) is 0 Å². The van der Waals surface area contributed by atoms with Gasteiger partial charge in [-0.05, 0) is 24.0 Å². The SMILES string of the molecule is Cl.O=C(C1CNCCOC1)N1CCCc2ccccc2C1. The lowest BCUT2D eigenvalue weighted by atomic mass is 10.0. The Morgan fingerprint density at radius 1 is 1.29 bits per heavy atom. The summed E-state index contributed by atoms with van der Waals surface area (Å²) in [5.74, 6) is 0.193. The fourth-order valence-electron chi connectivity index (χ4n) is 3.01. The van der Waals surface area contributed by atoms with E-state index in [1.807, 2.05) is 4.90 Å². The minimum atomic E-state index is -0.0391. The van der Waals surface area contributed by atoms with Gasteiger partial charge in [-0.1, -0.05) is 24.3 Å². The van der Waals surface area contributed by atoms with Crippen LogP contribution in [-0.2, 0) is 22.5 Å². The highest BCUT2D eigenvalue weighted by Gasteiger charge is 2.27. The molecule has 0 radical (unpaired) electrons. The molecule has 2 aliphatic rings. The molecular formula is C16H23ClN2O2. The second-order valence-corrected chi connectivity index (χ2v) is 5.61. The van der Waals surface area contributed by atoms with E-state index in [9.17, 15) is 4.79 Å². The monoisotopic (exact) mass is 310 g/mol. The number of carbonyl (C=O) groups excluding carboxylic acids is 1. The molecule has 0 aliphatic carbocycles. The van der Waals surface area contributed by atoms with Crippen LogP contribution in [0, 0.1) is 5.92 Å². The molecule has 3 rings (SSSR count). The second kappa shape index (κ2) is 7.78. The van der Waals surface area contributed by atoms with Crippen LogP contribution < -0.4 is 5.32 Å². The van der Waals surface area contributed by atoms with Crippen molar-refractivity contribution >= 4 is 18.3 Å². The van der Waals surface area contributed by atoms with Gasteiger partial charge in [0, 0.05) is 26.2 Å². The number of ether oxygens (including phenoxy) is 1. The summed E-state index contributed by atoms with van der Waals surface area (Å²) in [6.45, 7) is 4.41. The molecule has 21 heavy (non-hydrogen) atoms. The van der Waals surface area contributed by atoms with E-state index >= 15 is 0 Å². The number of hydrogen-bond donors (Lipinski definition) is 1. The predicted octanol–water partition coefficient (Wildman–Crippen LogP) is 1.62. The summed E-state index contributed by atoms with van der Waals surface area (Å²) >= 11 is 0. The predicted molar refractivity (Wildman–Crippen MR) is 84.6 cm³/mol. The van der Waals surface area contributed by atoms with E-state index in [0.29, 0.717) is 13.2 Å². The van der Waals surface area contributed by atoms with E-state index in [1.165, 1.54) is 11.1 Å². The molecule has 1 saturated heterocycles. The van der Waals surface area contributed by atoms with Gasteiger partial charge in [0.15, 0.2) is 0 Å². The number of carbonyl (C=O) groups is 1. The lowest BCUT2D eigenvalue weighted by molar-refractivity contribution is -0.137. The lowest BCUT2D eigenvalue weighted by Gasteiger charge is -2.25. The van der Waals surface area contributed by atoms with Gasteiger partial charge in [0.2, 0.25) is 5.91 Å². The van der Waals surface area contributed by atoms with E-state index in [0.717, 1.165) is 39.0 Å². The van der Waals surface area contributed by atoms with Crippen molar-refractivity contribution in [1.29, 1.82) is 0 Å². The van der Waals surface area contributed by atoms with E-state index in [4.69, 9.17) is 4.74 Å². The Labute approximate surface area is 132 Å². The van der Waals surface area contributed by atoms with Crippen molar-refractivity contribution in [3.63, 3.8) is 0 Å². The summed E-state index contributed by atoms with van der Waals surface area (Å²) < 4.78 is 5.51. The average Bonchev–Trinajstić information content (AvgIpc) is 2.87. The zero-order valence-corrected chi connectivity index (χ0v) is 13.0. The summed E-state index contributed by atoms with van der Waals surface area (Å²) in [5, 5.41) is 3.28. The molecule has 1 amide bonds. The standard InChI is InChI=1S/C16H22N2O2.ClH/c19-16(15-10-17-7-9-20-12-15)18-8-3-6-13-4-1-2-5-14(13)11-18;/h1-2,4-5,15,17H,3,6-12H2;1H. The minimum Gasteiger partial charge on any atom is -0.379 e. The van der Waals surface area contributed by atoms with Gasteiger partial charge in [0.25, 0.3) is 0 Å². The van der Waals surface area contributed by atoms with Gasteiger partial charge in [-0.2, -0.15) is 0 Å². The molecule has 1 fully saturated rings. The average molecular weight is 311 g/mol. The van der Waals surface area contributed by atoms with Gasteiger partial charge in [-0.25, -0.2) is 0 Å². The van der Waals surface area contributed by atoms with Crippen molar-refractivity contribution in [1.82, 2.24) is 10.2 Å². The first kappa shape index (κ1) is 16.3. The van der Waals surface area contributed by atoms with Crippen molar-refractivity contribution in [2.24, 2.45) is 5.92 Å². The van der Waals surface area contributed by atoms with Gasteiger partial charge < -0.3 is 15.0 Å². The number of fused-ring (bicyclic) bond motifs is 1. The quantitative estimate of drug-likeness (QED) is 0.857. The third kappa shape index (κ3) is 3.96. The highest BCUT2D eigenvalue weighted by molar-refractivity contribution is 5.85. The van der Waals surface area contributed by atoms with Gasteiger partial charge in [0.1, 0.15) is 0 Å². The highest BCUT2D eigenvalue weighted by Crippen LogP contribution is 2.20. The first-order valence-corrected chi connectivity index (χ1v) is 7.48. The van der Waals surface area contributed by atoms with E-state index in [-0.39, 0.29) is 24.2 Å². The molecule has 1 aromatic rings. The molecule has 2 aliphatic heterocycles. The fourth-order valence-corrected chi connectivity index (χ4v) is 3.01. The molecule has 1 unspecified atom stereocenters. The van der Waals surface area contributed by atoms with Crippen LogP contribution in [0.5, 0.6) is 0 Å². The largest absolute Gasteiger partial charge is 0.379 e. The number of amides is 1. The highest BCUT2D eigenvalue weighted by atomic mass is 35.5. The molecule has 116 valence electrons. The number of aryl methyl sites for hydroxylation is 1. The maximum absolute atomic E-state index is 12.7. The summed E-state index contributed by atoms with van der Waals surface area (Å²) in [5.41, 5.74) is 2.68. The first-order valence-electron chi connectivity index (χ1n) is 7.48. The Morgan fingerprint density at radius 2 is 2.10 bits per heavy atom. The van der Waals surface area contributed by atoms with Crippen LogP contribution in [0.3, 0.4) is 0 Å². The minimum absolute atomic E-state index is 0. The van der Waals surface area contributed by atoms with Gasteiger partial charge >= 0.3 is 0 Å². The summed E-state index contributed by atoms with van der Waals surface area (Å²) in [6, 6.07) is 8.46. The zero-order chi connectivity index (χ0) is 13.8. The molecule has 0 spiro atoms. The molecule has 1 N–H and O–H groups in total. The van der Waals surface area contributed by atoms with Gasteiger partial charge in [0.05, 0.1) is 19.1 Å². The van der Waals surface area contributed by atoms with Crippen LogP contribution in [0.2, 0.25) is 0 Å². The Balaban J connectivity index is 0.00000161. The topological polar surface area (TPSA) is 41.6 Å². The van der Waals surface area contributed by atoms with E-state index < -0.39 is 0 Å². The molecule has 1 atom stereocenters. The van der Waals surface area contributed by atoms with Crippen LogP contribution in [0.15, 0.2) is 24.3 Å². The van der Waals surface area contributed by atoms with Crippen molar-refractivity contribution < 1.29 is 9.53 Å². The normalized spacial score (nSPS) is 22.5. The number of nitrogens with zero attached hydrogens (tertiary/aromatic N) is 1. The van der Waals surface area contributed by atoms with Crippen molar-refractivity contribution in [3.8, 4) is 0 Å². The molecule has 4 nitrogen and oxygen atoms in total. The number of rotatable bonds is 1. The summed E-state index contributed by atoms with van der Waals surface area (Å²) in [7, 11) is 0. The zero-order valence-electron chi connectivity index (χ0n) is 12.2. The summed E-state index contributed by atoms with van der Waals surface area (Å²) in [4.78, 5) is 14.7. The van der Waals surface area contributed by atoms with Gasteiger partial charge in [-0.15, -0.1) is 12.4 Å². The number of hydrogen-bond acceptors (Lipinski definition) is 3. The summed E-state index contributed by atoms with van der Waals surface area (Å²) in [6.07, 6.45) is 2.11. The number of nitrogens with one attached hydrogen (secondary N) is 1. The maximum atomic E-state index is 12.7. The Kier molecular flexibility index (Phi) is 6.03. The number of halogens is 1.